The van der Waals surface area contributed by atoms with Gasteiger partial charge >= 0.3 is 0 Å². The van der Waals surface area contributed by atoms with E-state index in [1.165, 1.54) is 4.90 Å². The number of carbonyl (C=O) groups excluding carboxylic acids is 2. The van der Waals surface area contributed by atoms with Crippen LogP contribution in [-0.2, 0) is 24.8 Å². The van der Waals surface area contributed by atoms with Crippen LogP contribution in [0.2, 0.25) is 0 Å². The molecule has 0 N–H and O–H groups in total. The van der Waals surface area contributed by atoms with E-state index >= 15 is 0 Å². The number of fused-ring (bicyclic) bond motifs is 1. The number of amides is 2. The van der Waals surface area contributed by atoms with Crippen LogP contribution in [0.25, 0.3) is 0 Å². The second-order valence-corrected chi connectivity index (χ2v) is 6.55. The molecule has 1 aliphatic heterocycles. The first-order chi connectivity index (χ1) is 11.9. The Morgan fingerprint density at radius 2 is 2.04 bits per heavy atom. The fourth-order valence-electron chi connectivity index (χ4n) is 3.26. The van der Waals surface area contributed by atoms with Crippen molar-refractivity contribution in [3.05, 3.63) is 35.4 Å². The zero-order valence-corrected chi connectivity index (χ0v) is 15.1. The molecule has 0 saturated heterocycles. The summed E-state index contributed by atoms with van der Waals surface area (Å²) in [5.74, 6) is -0.291. The lowest BCUT2D eigenvalue weighted by molar-refractivity contribution is -0.134. The van der Waals surface area contributed by atoms with E-state index in [1.54, 1.807) is 46.9 Å². The van der Waals surface area contributed by atoms with Crippen LogP contribution in [-0.4, -0.2) is 61.8 Å². The minimum atomic E-state index is -0.644. The summed E-state index contributed by atoms with van der Waals surface area (Å²) < 4.78 is 3.54. The fraction of sp³-hybridized carbons (Fsp3) is 0.529. The highest BCUT2D eigenvalue weighted by atomic mass is 16.2. The minimum Gasteiger partial charge on any atom is -0.347 e. The number of rotatable bonds is 4. The summed E-state index contributed by atoms with van der Waals surface area (Å²) in [5, 5.41) is 8.51. The fourth-order valence-corrected chi connectivity index (χ4v) is 3.26. The predicted molar refractivity (Wildman–Crippen MR) is 91.9 cm³/mol. The molecule has 0 aromatic carbocycles. The molecule has 2 amide bonds. The van der Waals surface area contributed by atoms with E-state index in [4.69, 9.17) is 0 Å². The third-order valence-corrected chi connectivity index (χ3v) is 4.56. The summed E-state index contributed by atoms with van der Waals surface area (Å²) in [6.07, 6.45) is 6.65. The molecule has 1 unspecified atom stereocenters. The summed E-state index contributed by atoms with van der Waals surface area (Å²) >= 11 is 0. The molecule has 2 aromatic rings. The van der Waals surface area contributed by atoms with Gasteiger partial charge in [0.15, 0.2) is 0 Å². The van der Waals surface area contributed by atoms with Gasteiger partial charge in [0, 0.05) is 58.1 Å². The summed E-state index contributed by atoms with van der Waals surface area (Å²) in [6.45, 7) is 3.30. The molecule has 0 bridgehead atoms. The maximum Gasteiger partial charge on any atom is 0.258 e. The van der Waals surface area contributed by atoms with Crippen LogP contribution < -0.4 is 0 Å². The monoisotopic (exact) mass is 344 g/mol. The van der Waals surface area contributed by atoms with Crippen LogP contribution in [0.4, 0.5) is 0 Å². The zero-order chi connectivity index (χ0) is 18.1. The van der Waals surface area contributed by atoms with Crippen molar-refractivity contribution in [3.63, 3.8) is 0 Å². The van der Waals surface area contributed by atoms with Gasteiger partial charge < -0.3 is 9.80 Å². The van der Waals surface area contributed by atoms with Crippen LogP contribution in [0.15, 0.2) is 18.6 Å². The number of aromatic nitrogens is 4. The Morgan fingerprint density at radius 3 is 2.72 bits per heavy atom. The molecular formula is C17H24N6O2. The number of nitrogens with zero attached hydrogens (tertiary/aromatic N) is 6. The predicted octanol–water partition coefficient (Wildman–Crippen LogP) is 0.854. The molecular weight excluding hydrogens is 320 g/mol. The molecule has 0 fully saturated rings. The van der Waals surface area contributed by atoms with Crippen molar-refractivity contribution >= 4 is 11.8 Å². The van der Waals surface area contributed by atoms with Gasteiger partial charge in [0.2, 0.25) is 5.91 Å². The van der Waals surface area contributed by atoms with E-state index in [-0.39, 0.29) is 11.8 Å². The summed E-state index contributed by atoms with van der Waals surface area (Å²) in [5.41, 5.74) is 2.32. The Balaban J connectivity index is 1.95. The lowest BCUT2D eigenvalue weighted by atomic mass is 9.97. The van der Waals surface area contributed by atoms with Crippen molar-refractivity contribution < 1.29 is 9.59 Å². The SMILES string of the molecule is CCCn1cc(C(=O)N2CCc3c(cnn3C)C2C(=O)N(C)C)cn1. The second kappa shape index (κ2) is 6.70. The van der Waals surface area contributed by atoms with Crippen molar-refractivity contribution in [1.29, 1.82) is 0 Å². The van der Waals surface area contributed by atoms with E-state index in [2.05, 4.69) is 17.1 Å². The largest absolute Gasteiger partial charge is 0.347 e. The zero-order valence-electron chi connectivity index (χ0n) is 15.1. The van der Waals surface area contributed by atoms with Gasteiger partial charge in [-0.1, -0.05) is 6.92 Å². The van der Waals surface area contributed by atoms with Gasteiger partial charge in [0.1, 0.15) is 6.04 Å². The molecule has 8 nitrogen and oxygen atoms in total. The standard InChI is InChI=1S/C17H24N6O2/c1-5-7-22-11-12(9-19-22)16(24)23-8-6-14-13(10-18-21(14)4)15(23)17(25)20(2)3/h9-11,15H,5-8H2,1-4H3. The number of hydrogen-bond donors (Lipinski definition) is 0. The van der Waals surface area contributed by atoms with E-state index in [0.29, 0.717) is 18.5 Å². The lowest BCUT2D eigenvalue weighted by Crippen LogP contribution is -2.46. The quantitative estimate of drug-likeness (QED) is 0.824. The average Bonchev–Trinajstić information content (AvgIpc) is 3.20. The first-order valence-electron chi connectivity index (χ1n) is 8.49. The maximum atomic E-state index is 13.0. The molecule has 3 heterocycles. The average molecular weight is 344 g/mol. The number of carbonyl (C=O) groups is 2. The van der Waals surface area contributed by atoms with Gasteiger partial charge in [0.25, 0.3) is 5.91 Å². The highest BCUT2D eigenvalue weighted by Crippen LogP contribution is 2.31. The van der Waals surface area contributed by atoms with Crippen LogP contribution in [0.3, 0.4) is 0 Å². The van der Waals surface area contributed by atoms with Gasteiger partial charge in [-0.15, -0.1) is 0 Å². The van der Waals surface area contributed by atoms with Crippen molar-refractivity contribution in [2.75, 3.05) is 20.6 Å². The number of aryl methyl sites for hydroxylation is 2. The minimum absolute atomic E-state index is 0.122. The highest BCUT2D eigenvalue weighted by Gasteiger charge is 2.39. The van der Waals surface area contributed by atoms with Crippen LogP contribution in [0, 0.1) is 0 Å². The Kier molecular flexibility index (Phi) is 4.61. The van der Waals surface area contributed by atoms with E-state index in [0.717, 1.165) is 24.2 Å². The van der Waals surface area contributed by atoms with Gasteiger partial charge in [-0.25, -0.2) is 0 Å². The lowest BCUT2D eigenvalue weighted by Gasteiger charge is -2.35. The van der Waals surface area contributed by atoms with Crippen LogP contribution >= 0.6 is 0 Å². The maximum absolute atomic E-state index is 13.0. The van der Waals surface area contributed by atoms with E-state index in [9.17, 15) is 9.59 Å². The van der Waals surface area contributed by atoms with Crippen molar-refractivity contribution in [3.8, 4) is 0 Å². The van der Waals surface area contributed by atoms with Crippen LogP contribution in [0.5, 0.6) is 0 Å². The van der Waals surface area contributed by atoms with Gasteiger partial charge in [-0.2, -0.15) is 10.2 Å². The Morgan fingerprint density at radius 1 is 1.28 bits per heavy atom. The van der Waals surface area contributed by atoms with Gasteiger partial charge in [0.05, 0.1) is 18.0 Å². The van der Waals surface area contributed by atoms with Gasteiger partial charge in [-0.3, -0.25) is 19.0 Å². The molecule has 2 aromatic heterocycles. The smallest absolute Gasteiger partial charge is 0.258 e. The van der Waals surface area contributed by atoms with Gasteiger partial charge in [-0.05, 0) is 6.42 Å². The molecule has 1 aliphatic rings. The van der Waals surface area contributed by atoms with E-state index < -0.39 is 6.04 Å². The third-order valence-electron chi connectivity index (χ3n) is 4.56. The second-order valence-electron chi connectivity index (χ2n) is 6.55. The molecule has 3 rings (SSSR count). The molecule has 0 spiro atoms. The molecule has 0 radical (unpaired) electrons. The highest BCUT2D eigenvalue weighted by molar-refractivity contribution is 5.97. The summed E-state index contributed by atoms with van der Waals surface area (Å²) in [4.78, 5) is 29.0. The Hall–Kier alpha value is -2.64. The number of likely N-dealkylation sites (N-methyl/N-ethyl adjacent to an activating group) is 1. The molecule has 134 valence electrons. The third kappa shape index (κ3) is 3.04. The topological polar surface area (TPSA) is 76.3 Å². The first-order valence-corrected chi connectivity index (χ1v) is 8.49. The first kappa shape index (κ1) is 17.2. The summed E-state index contributed by atoms with van der Waals surface area (Å²) in [6, 6.07) is -0.644. The molecule has 25 heavy (non-hydrogen) atoms. The molecule has 8 heteroatoms. The van der Waals surface area contributed by atoms with Crippen LogP contribution in [0.1, 0.15) is 41.0 Å². The normalized spacial score (nSPS) is 16.6. The molecule has 0 aliphatic carbocycles. The van der Waals surface area contributed by atoms with Crippen molar-refractivity contribution in [2.45, 2.75) is 32.4 Å². The molecule has 0 saturated carbocycles. The number of hydrogen-bond acceptors (Lipinski definition) is 4. The summed E-state index contributed by atoms with van der Waals surface area (Å²) in [7, 11) is 5.27. The van der Waals surface area contributed by atoms with E-state index in [1.807, 2.05) is 7.05 Å². The Bertz CT molecular complexity index is 791. The van der Waals surface area contributed by atoms with Crippen molar-refractivity contribution in [1.82, 2.24) is 29.4 Å². The molecule has 1 atom stereocenters. The Labute approximate surface area is 147 Å². The van der Waals surface area contributed by atoms with Crippen molar-refractivity contribution in [2.24, 2.45) is 7.05 Å².